The predicted octanol–water partition coefficient (Wildman–Crippen LogP) is 4.74. The summed E-state index contributed by atoms with van der Waals surface area (Å²) in [6, 6.07) is 0.294. The van der Waals surface area contributed by atoms with Gasteiger partial charge in [-0.15, -0.1) is 24.8 Å². The summed E-state index contributed by atoms with van der Waals surface area (Å²) >= 11 is 0. The fourth-order valence-electron chi connectivity index (χ4n) is 2.93. The molecule has 1 saturated carbocycles. The van der Waals surface area contributed by atoms with E-state index in [1.165, 1.54) is 32.1 Å². The molecule has 128 valence electrons. The van der Waals surface area contributed by atoms with Crippen LogP contribution in [0.4, 0.5) is 4.79 Å². The molecule has 1 fully saturated rings. The Morgan fingerprint density at radius 2 is 1.62 bits per heavy atom. The van der Waals surface area contributed by atoms with Crippen molar-refractivity contribution >= 4 is 31.0 Å². The molecule has 2 atom stereocenters. The van der Waals surface area contributed by atoms with Crippen molar-refractivity contribution in [1.29, 1.82) is 0 Å². The van der Waals surface area contributed by atoms with Gasteiger partial charge < -0.3 is 9.84 Å². The molecule has 1 aliphatic carbocycles. The molecule has 1 rings (SSSR count). The van der Waals surface area contributed by atoms with E-state index < -0.39 is 6.16 Å². The Bertz CT molecular complexity index is 259. The van der Waals surface area contributed by atoms with Crippen LogP contribution in [0.25, 0.3) is 0 Å². The molecule has 0 aromatic heterocycles. The lowest BCUT2D eigenvalue weighted by Crippen LogP contribution is -2.48. The zero-order valence-corrected chi connectivity index (χ0v) is 14.9. The molecule has 0 saturated heterocycles. The summed E-state index contributed by atoms with van der Waals surface area (Å²) in [5.41, 5.74) is 0. The third kappa shape index (κ3) is 8.74. The van der Waals surface area contributed by atoms with Crippen LogP contribution in [0.3, 0.4) is 0 Å². The number of carboxylic acid groups (broad SMARTS) is 1. The molecule has 0 aromatic rings. The summed E-state index contributed by atoms with van der Waals surface area (Å²) in [5.74, 6) is 0. The number of unbranched alkanes of at least 4 members (excludes halogenated alkanes) is 2. The Morgan fingerprint density at radius 3 is 2.10 bits per heavy atom. The SMILES string of the molecule is CCCCN(CCCC)[C@H]1CCCC[C@@H]1OC(=O)O.Cl.Cl. The van der Waals surface area contributed by atoms with Crippen molar-refractivity contribution in [2.45, 2.75) is 77.4 Å². The first-order valence-electron chi connectivity index (χ1n) is 7.82. The van der Waals surface area contributed by atoms with Crippen molar-refractivity contribution in [3.8, 4) is 0 Å². The summed E-state index contributed by atoms with van der Waals surface area (Å²) in [5, 5.41) is 8.88. The minimum absolute atomic E-state index is 0. The Balaban J connectivity index is 0. The quantitative estimate of drug-likeness (QED) is 0.646. The monoisotopic (exact) mass is 343 g/mol. The molecule has 0 aromatic carbocycles. The molecule has 0 radical (unpaired) electrons. The van der Waals surface area contributed by atoms with Crippen LogP contribution in [0.1, 0.15) is 65.2 Å². The zero-order chi connectivity index (χ0) is 14.1. The first-order chi connectivity index (χ1) is 9.19. The van der Waals surface area contributed by atoms with Crippen LogP contribution in [0.5, 0.6) is 0 Å². The van der Waals surface area contributed by atoms with Crippen LogP contribution in [-0.4, -0.2) is 41.4 Å². The highest BCUT2D eigenvalue weighted by Crippen LogP contribution is 2.26. The number of rotatable bonds is 8. The lowest BCUT2D eigenvalue weighted by molar-refractivity contribution is -0.0186. The molecular weight excluding hydrogens is 313 g/mol. The number of hydrogen-bond acceptors (Lipinski definition) is 3. The van der Waals surface area contributed by atoms with Gasteiger partial charge in [0.2, 0.25) is 0 Å². The van der Waals surface area contributed by atoms with Crippen molar-refractivity contribution in [2.24, 2.45) is 0 Å². The summed E-state index contributed by atoms with van der Waals surface area (Å²) in [6.07, 6.45) is 7.71. The fourth-order valence-corrected chi connectivity index (χ4v) is 2.93. The van der Waals surface area contributed by atoms with Crippen LogP contribution in [0.15, 0.2) is 0 Å². The van der Waals surface area contributed by atoms with Gasteiger partial charge in [0, 0.05) is 6.04 Å². The average molecular weight is 344 g/mol. The Hall–Kier alpha value is -0.190. The number of ether oxygens (including phenoxy) is 1. The van der Waals surface area contributed by atoms with Gasteiger partial charge in [-0.3, -0.25) is 4.90 Å². The second kappa shape index (κ2) is 13.5. The van der Waals surface area contributed by atoms with Crippen LogP contribution in [-0.2, 0) is 4.74 Å². The molecule has 0 heterocycles. The van der Waals surface area contributed by atoms with E-state index in [0.29, 0.717) is 6.04 Å². The molecule has 6 heteroatoms. The van der Waals surface area contributed by atoms with Crippen LogP contribution in [0.2, 0.25) is 0 Å². The molecule has 0 bridgehead atoms. The standard InChI is InChI=1S/C15H29NO3.2ClH/c1-3-5-11-16(12-6-4-2)13-9-7-8-10-14(13)19-15(17)18;;/h13-14H,3-12H2,1-2H3,(H,17,18);2*1H/t13-,14-;;/m0../s1. The normalized spacial score (nSPS) is 21.3. The highest BCUT2D eigenvalue weighted by molar-refractivity contribution is 5.85. The maximum absolute atomic E-state index is 10.8. The average Bonchev–Trinajstić information content (AvgIpc) is 2.39. The Labute approximate surface area is 141 Å². The highest BCUT2D eigenvalue weighted by atomic mass is 35.5. The maximum Gasteiger partial charge on any atom is 0.506 e. The van der Waals surface area contributed by atoms with E-state index in [2.05, 4.69) is 18.7 Å². The van der Waals surface area contributed by atoms with Gasteiger partial charge >= 0.3 is 6.16 Å². The van der Waals surface area contributed by atoms with E-state index in [9.17, 15) is 4.79 Å². The first kappa shape index (κ1) is 23.1. The van der Waals surface area contributed by atoms with E-state index >= 15 is 0 Å². The van der Waals surface area contributed by atoms with Gasteiger partial charge in [0.1, 0.15) is 6.10 Å². The number of nitrogens with zero attached hydrogens (tertiary/aromatic N) is 1. The Kier molecular flexibility index (Phi) is 14.8. The molecule has 1 N–H and O–H groups in total. The molecule has 0 aliphatic heterocycles. The second-order valence-electron chi connectivity index (χ2n) is 5.52. The van der Waals surface area contributed by atoms with Gasteiger partial charge in [-0.25, -0.2) is 4.79 Å². The van der Waals surface area contributed by atoms with Gasteiger partial charge in [-0.05, 0) is 45.2 Å². The van der Waals surface area contributed by atoms with Crippen molar-refractivity contribution in [3.63, 3.8) is 0 Å². The molecular formula is C15H31Cl2NO3. The van der Waals surface area contributed by atoms with Crippen LogP contribution < -0.4 is 0 Å². The molecule has 4 nitrogen and oxygen atoms in total. The predicted molar refractivity (Wildman–Crippen MR) is 91.0 cm³/mol. The fraction of sp³-hybridized carbons (Fsp3) is 0.933. The summed E-state index contributed by atoms with van der Waals surface area (Å²) in [6.45, 7) is 6.54. The van der Waals surface area contributed by atoms with E-state index in [0.717, 1.165) is 32.4 Å². The largest absolute Gasteiger partial charge is 0.506 e. The minimum Gasteiger partial charge on any atom is -0.450 e. The van der Waals surface area contributed by atoms with Gasteiger partial charge in [-0.1, -0.05) is 33.1 Å². The third-order valence-electron chi connectivity index (χ3n) is 3.99. The number of carbonyl (C=O) groups is 1. The Morgan fingerprint density at radius 1 is 1.10 bits per heavy atom. The molecule has 1 aliphatic rings. The third-order valence-corrected chi connectivity index (χ3v) is 3.99. The van der Waals surface area contributed by atoms with Gasteiger partial charge in [0.05, 0.1) is 0 Å². The van der Waals surface area contributed by atoms with Crippen molar-refractivity contribution in [1.82, 2.24) is 4.90 Å². The molecule has 0 unspecified atom stereocenters. The van der Waals surface area contributed by atoms with Crippen molar-refractivity contribution < 1.29 is 14.6 Å². The second-order valence-corrected chi connectivity index (χ2v) is 5.52. The highest BCUT2D eigenvalue weighted by Gasteiger charge is 2.32. The van der Waals surface area contributed by atoms with E-state index in [1.54, 1.807) is 0 Å². The lowest BCUT2D eigenvalue weighted by Gasteiger charge is -2.39. The lowest BCUT2D eigenvalue weighted by atomic mass is 9.90. The summed E-state index contributed by atoms with van der Waals surface area (Å²) in [7, 11) is 0. The number of halogens is 2. The van der Waals surface area contributed by atoms with Crippen molar-refractivity contribution in [2.75, 3.05) is 13.1 Å². The van der Waals surface area contributed by atoms with Crippen LogP contribution >= 0.6 is 24.8 Å². The zero-order valence-electron chi connectivity index (χ0n) is 13.3. The van der Waals surface area contributed by atoms with Gasteiger partial charge in [-0.2, -0.15) is 0 Å². The van der Waals surface area contributed by atoms with E-state index in [-0.39, 0.29) is 30.9 Å². The van der Waals surface area contributed by atoms with Crippen LogP contribution in [0, 0.1) is 0 Å². The summed E-state index contributed by atoms with van der Waals surface area (Å²) in [4.78, 5) is 13.3. The molecule has 0 spiro atoms. The number of hydrogen-bond donors (Lipinski definition) is 1. The first-order valence-corrected chi connectivity index (χ1v) is 7.82. The smallest absolute Gasteiger partial charge is 0.450 e. The van der Waals surface area contributed by atoms with Crippen molar-refractivity contribution in [3.05, 3.63) is 0 Å². The summed E-state index contributed by atoms with van der Waals surface area (Å²) < 4.78 is 5.12. The topological polar surface area (TPSA) is 49.8 Å². The minimum atomic E-state index is -1.12. The molecule has 21 heavy (non-hydrogen) atoms. The van der Waals surface area contributed by atoms with E-state index in [4.69, 9.17) is 9.84 Å². The van der Waals surface area contributed by atoms with E-state index in [1.807, 2.05) is 0 Å². The maximum atomic E-state index is 10.8. The molecule has 0 amide bonds. The van der Waals surface area contributed by atoms with Gasteiger partial charge in [0.15, 0.2) is 0 Å². The van der Waals surface area contributed by atoms with Gasteiger partial charge in [0.25, 0.3) is 0 Å².